The van der Waals surface area contributed by atoms with Gasteiger partial charge in [-0.25, -0.2) is 4.98 Å². The molecule has 0 aliphatic rings. The first kappa shape index (κ1) is 12.6. The summed E-state index contributed by atoms with van der Waals surface area (Å²) in [4.78, 5) is 12.3. The summed E-state index contributed by atoms with van der Waals surface area (Å²) in [7, 11) is 0. The van der Waals surface area contributed by atoms with E-state index in [1.165, 1.54) is 0 Å². The monoisotopic (exact) mass is 263 g/mol. The SMILES string of the molecule is Cc1nc(Cl)nc(NC(C)c2ccccn2)c1N. The van der Waals surface area contributed by atoms with Gasteiger partial charge in [-0.3, -0.25) is 4.98 Å². The van der Waals surface area contributed by atoms with E-state index in [1.807, 2.05) is 25.1 Å². The van der Waals surface area contributed by atoms with Crippen LogP contribution in [-0.4, -0.2) is 15.0 Å². The molecule has 2 rings (SSSR count). The highest BCUT2D eigenvalue weighted by atomic mass is 35.5. The standard InChI is InChI=1S/C12H14ClN5/c1-7(9-5-3-4-6-15-9)16-11-10(14)8(2)17-12(13)18-11/h3-7H,14H2,1-2H3,(H,16,17,18). The van der Waals surface area contributed by atoms with E-state index < -0.39 is 0 Å². The van der Waals surface area contributed by atoms with Gasteiger partial charge >= 0.3 is 0 Å². The van der Waals surface area contributed by atoms with Crippen LogP contribution in [0.3, 0.4) is 0 Å². The predicted octanol–water partition coefficient (Wildman–Crippen LogP) is 2.59. The summed E-state index contributed by atoms with van der Waals surface area (Å²) in [6.45, 7) is 3.77. The summed E-state index contributed by atoms with van der Waals surface area (Å²) >= 11 is 5.82. The van der Waals surface area contributed by atoms with Crippen LogP contribution in [0.15, 0.2) is 24.4 Å². The van der Waals surface area contributed by atoms with Crippen LogP contribution in [0.25, 0.3) is 0 Å². The van der Waals surface area contributed by atoms with Crippen molar-refractivity contribution >= 4 is 23.1 Å². The second-order valence-corrected chi connectivity index (χ2v) is 4.30. The maximum Gasteiger partial charge on any atom is 0.224 e. The number of nitrogen functional groups attached to an aromatic ring is 1. The largest absolute Gasteiger partial charge is 0.394 e. The lowest BCUT2D eigenvalue weighted by molar-refractivity contribution is 0.830. The van der Waals surface area contributed by atoms with Gasteiger partial charge in [-0.1, -0.05) is 6.07 Å². The van der Waals surface area contributed by atoms with Crippen molar-refractivity contribution in [1.29, 1.82) is 0 Å². The topological polar surface area (TPSA) is 76.7 Å². The molecule has 0 bridgehead atoms. The molecule has 2 heterocycles. The fourth-order valence-corrected chi connectivity index (χ4v) is 1.78. The summed E-state index contributed by atoms with van der Waals surface area (Å²) in [5.74, 6) is 0.533. The number of hydrogen-bond donors (Lipinski definition) is 2. The Bertz CT molecular complexity index is 544. The Hall–Kier alpha value is -1.88. The summed E-state index contributed by atoms with van der Waals surface area (Å²) in [5.41, 5.74) is 7.98. The Morgan fingerprint density at radius 2 is 2.11 bits per heavy atom. The molecule has 0 saturated heterocycles. The van der Waals surface area contributed by atoms with Gasteiger partial charge in [0.15, 0.2) is 5.82 Å². The zero-order valence-electron chi connectivity index (χ0n) is 10.2. The maximum absolute atomic E-state index is 5.91. The number of nitrogens with one attached hydrogen (secondary N) is 1. The number of pyridine rings is 1. The fraction of sp³-hybridized carbons (Fsp3) is 0.250. The second-order valence-electron chi connectivity index (χ2n) is 3.96. The molecule has 1 unspecified atom stereocenters. The van der Waals surface area contributed by atoms with Gasteiger partial charge in [-0.05, 0) is 37.6 Å². The lowest BCUT2D eigenvalue weighted by Gasteiger charge is -2.16. The molecule has 0 saturated carbocycles. The lowest BCUT2D eigenvalue weighted by atomic mass is 10.2. The summed E-state index contributed by atoms with van der Waals surface area (Å²) in [5, 5.41) is 3.36. The van der Waals surface area contributed by atoms with Crippen LogP contribution in [0.2, 0.25) is 5.28 Å². The van der Waals surface area contributed by atoms with Crippen LogP contribution in [0, 0.1) is 6.92 Å². The second kappa shape index (κ2) is 5.18. The number of aryl methyl sites for hydroxylation is 1. The average Bonchev–Trinajstić information content (AvgIpc) is 2.36. The Labute approximate surface area is 110 Å². The van der Waals surface area contributed by atoms with Gasteiger partial charge in [0.25, 0.3) is 0 Å². The highest BCUT2D eigenvalue weighted by Gasteiger charge is 2.12. The van der Waals surface area contributed by atoms with Crippen molar-refractivity contribution in [2.45, 2.75) is 19.9 Å². The molecule has 94 valence electrons. The van der Waals surface area contributed by atoms with Crippen molar-refractivity contribution in [3.05, 3.63) is 41.1 Å². The van der Waals surface area contributed by atoms with Gasteiger partial charge < -0.3 is 11.1 Å². The Morgan fingerprint density at radius 3 is 2.78 bits per heavy atom. The van der Waals surface area contributed by atoms with E-state index in [0.717, 1.165) is 5.69 Å². The first-order chi connectivity index (χ1) is 8.58. The highest BCUT2D eigenvalue weighted by Crippen LogP contribution is 2.24. The van der Waals surface area contributed by atoms with Gasteiger partial charge in [0.2, 0.25) is 5.28 Å². The minimum absolute atomic E-state index is 0.0149. The number of nitrogens with zero attached hydrogens (tertiary/aromatic N) is 3. The number of hydrogen-bond acceptors (Lipinski definition) is 5. The van der Waals surface area contributed by atoms with Crippen LogP contribution in [0.4, 0.5) is 11.5 Å². The van der Waals surface area contributed by atoms with E-state index >= 15 is 0 Å². The molecular weight excluding hydrogens is 250 g/mol. The zero-order chi connectivity index (χ0) is 13.1. The van der Waals surface area contributed by atoms with E-state index in [4.69, 9.17) is 17.3 Å². The van der Waals surface area contributed by atoms with Crippen molar-refractivity contribution < 1.29 is 0 Å². The third kappa shape index (κ3) is 2.68. The molecule has 3 N–H and O–H groups in total. The Kier molecular flexibility index (Phi) is 3.62. The van der Waals surface area contributed by atoms with Gasteiger partial charge in [0.1, 0.15) is 0 Å². The van der Waals surface area contributed by atoms with E-state index in [0.29, 0.717) is 17.2 Å². The van der Waals surface area contributed by atoms with Crippen LogP contribution < -0.4 is 11.1 Å². The van der Waals surface area contributed by atoms with E-state index in [2.05, 4.69) is 20.3 Å². The number of halogens is 1. The third-order valence-corrected chi connectivity index (χ3v) is 2.76. The molecular formula is C12H14ClN5. The van der Waals surface area contributed by atoms with Gasteiger partial charge in [0.05, 0.1) is 23.1 Å². The van der Waals surface area contributed by atoms with E-state index in [9.17, 15) is 0 Å². The van der Waals surface area contributed by atoms with Crippen LogP contribution in [0.5, 0.6) is 0 Å². The molecule has 0 aliphatic carbocycles. The molecule has 0 radical (unpaired) electrons. The van der Waals surface area contributed by atoms with Crippen LogP contribution in [-0.2, 0) is 0 Å². The third-order valence-electron chi connectivity index (χ3n) is 2.59. The summed E-state index contributed by atoms with van der Waals surface area (Å²) < 4.78 is 0. The zero-order valence-corrected chi connectivity index (χ0v) is 10.9. The molecule has 0 aromatic carbocycles. The highest BCUT2D eigenvalue weighted by molar-refractivity contribution is 6.28. The number of nitrogens with two attached hydrogens (primary N) is 1. The molecule has 0 amide bonds. The number of rotatable bonds is 3. The van der Waals surface area contributed by atoms with Crippen molar-refractivity contribution in [3.63, 3.8) is 0 Å². The summed E-state index contributed by atoms with van der Waals surface area (Å²) in [6.07, 6.45) is 1.75. The van der Waals surface area contributed by atoms with Crippen molar-refractivity contribution in [1.82, 2.24) is 15.0 Å². The Balaban J connectivity index is 2.24. The number of anilines is 2. The van der Waals surface area contributed by atoms with Gasteiger partial charge in [-0.2, -0.15) is 4.98 Å². The normalized spacial score (nSPS) is 12.2. The van der Waals surface area contributed by atoms with E-state index in [1.54, 1.807) is 13.1 Å². The smallest absolute Gasteiger partial charge is 0.224 e. The number of aromatic nitrogens is 3. The molecule has 0 fully saturated rings. The molecule has 2 aromatic heterocycles. The predicted molar refractivity (Wildman–Crippen MR) is 72.5 cm³/mol. The fourth-order valence-electron chi connectivity index (χ4n) is 1.57. The quantitative estimate of drug-likeness (QED) is 0.833. The molecule has 0 spiro atoms. The van der Waals surface area contributed by atoms with Crippen LogP contribution in [0.1, 0.15) is 24.4 Å². The van der Waals surface area contributed by atoms with E-state index in [-0.39, 0.29) is 11.3 Å². The molecule has 18 heavy (non-hydrogen) atoms. The van der Waals surface area contributed by atoms with Gasteiger partial charge in [-0.15, -0.1) is 0 Å². The average molecular weight is 264 g/mol. The summed E-state index contributed by atoms with van der Waals surface area (Å²) in [6, 6.07) is 5.72. The van der Waals surface area contributed by atoms with Gasteiger partial charge in [0, 0.05) is 6.20 Å². The molecule has 5 nitrogen and oxygen atoms in total. The Morgan fingerprint density at radius 1 is 1.33 bits per heavy atom. The first-order valence-electron chi connectivity index (χ1n) is 5.55. The molecule has 1 atom stereocenters. The first-order valence-corrected chi connectivity index (χ1v) is 5.93. The van der Waals surface area contributed by atoms with Crippen molar-refractivity contribution in [2.75, 3.05) is 11.1 Å². The van der Waals surface area contributed by atoms with Crippen molar-refractivity contribution in [3.8, 4) is 0 Å². The minimum Gasteiger partial charge on any atom is -0.394 e. The maximum atomic E-state index is 5.91. The van der Waals surface area contributed by atoms with Crippen LogP contribution >= 0.6 is 11.6 Å². The molecule has 2 aromatic rings. The lowest BCUT2D eigenvalue weighted by Crippen LogP contribution is -2.12. The molecule has 0 aliphatic heterocycles. The molecule has 6 heteroatoms. The minimum atomic E-state index is -0.0149. The van der Waals surface area contributed by atoms with Crippen molar-refractivity contribution in [2.24, 2.45) is 0 Å².